The van der Waals surface area contributed by atoms with Crippen molar-refractivity contribution < 1.29 is 4.42 Å². The Kier molecular flexibility index (Phi) is 2.44. The fourth-order valence-electron chi connectivity index (χ4n) is 2.16. The number of hydrogen-bond acceptors (Lipinski definition) is 1. The highest BCUT2D eigenvalue weighted by atomic mass is 79.9. The number of rotatable bonds is 2. The maximum absolute atomic E-state index is 5.82. The number of para-hydroxylation sites is 1. The van der Waals surface area contributed by atoms with E-state index in [1.54, 1.807) is 0 Å². The number of benzene rings is 2. The largest absolute Gasteiger partial charge is 0.456 e. The van der Waals surface area contributed by atoms with Gasteiger partial charge in [-0.3, -0.25) is 0 Å². The van der Waals surface area contributed by atoms with Crippen molar-refractivity contribution in [2.75, 3.05) is 5.33 Å². The van der Waals surface area contributed by atoms with Gasteiger partial charge in [0, 0.05) is 16.1 Å². The molecule has 0 N–H and O–H groups in total. The standard InChI is InChI=1S/C14H11BrO/c15-9-8-10-4-3-7-13-14(10)11-5-1-2-6-12(11)16-13/h1-7H,8-9H2. The van der Waals surface area contributed by atoms with E-state index < -0.39 is 0 Å². The lowest BCUT2D eigenvalue weighted by Gasteiger charge is -1.99. The van der Waals surface area contributed by atoms with Gasteiger partial charge in [-0.05, 0) is 24.1 Å². The highest BCUT2D eigenvalue weighted by Gasteiger charge is 2.09. The first-order valence-electron chi connectivity index (χ1n) is 5.35. The van der Waals surface area contributed by atoms with Crippen molar-refractivity contribution in [1.29, 1.82) is 0 Å². The van der Waals surface area contributed by atoms with E-state index in [9.17, 15) is 0 Å². The second-order valence-corrected chi connectivity index (χ2v) is 4.62. The summed E-state index contributed by atoms with van der Waals surface area (Å²) in [6.45, 7) is 0. The molecule has 1 heterocycles. The first kappa shape index (κ1) is 9.91. The van der Waals surface area contributed by atoms with Crippen LogP contribution in [-0.2, 0) is 6.42 Å². The summed E-state index contributed by atoms with van der Waals surface area (Å²) in [7, 11) is 0. The summed E-state index contributed by atoms with van der Waals surface area (Å²) in [4.78, 5) is 0. The highest BCUT2D eigenvalue weighted by molar-refractivity contribution is 9.09. The molecule has 0 unspecified atom stereocenters. The molecule has 0 amide bonds. The topological polar surface area (TPSA) is 13.1 Å². The molecule has 0 atom stereocenters. The Bertz CT molecular complexity index is 639. The molecule has 0 saturated carbocycles. The third kappa shape index (κ3) is 1.45. The van der Waals surface area contributed by atoms with E-state index in [4.69, 9.17) is 4.42 Å². The van der Waals surface area contributed by atoms with Crippen LogP contribution in [0.1, 0.15) is 5.56 Å². The highest BCUT2D eigenvalue weighted by Crippen LogP contribution is 2.31. The molecule has 3 rings (SSSR count). The van der Waals surface area contributed by atoms with Crippen molar-refractivity contribution in [2.24, 2.45) is 0 Å². The molecule has 1 aromatic heterocycles. The van der Waals surface area contributed by atoms with E-state index in [1.165, 1.54) is 16.3 Å². The van der Waals surface area contributed by atoms with Crippen molar-refractivity contribution in [3.8, 4) is 0 Å². The molecule has 1 nitrogen and oxygen atoms in total. The summed E-state index contributed by atoms with van der Waals surface area (Å²) in [6.07, 6.45) is 1.03. The molecule has 0 radical (unpaired) electrons. The number of alkyl halides is 1. The predicted molar refractivity (Wildman–Crippen MR) is 71.2 cm³/mol. The Morgan fingerprint density at radius 3 is 2.62 bits per heavy atom. The average molecular weight is 275 g/mol. The average Bonchev–Trinajstić information content (AvgIpc) is 2.68. The van der Waals surface area contributed by atoms with Crippen LogP contribution < -0.4 is 0 Å². The van der Waals surface area contributed by atoms with Crippen LogP contribution in [-0.4, -0.2) is 5.33 Å². The number of furan rings is 1. The molecule has 80 valence electrons. The van der Waals surface area contributed by atoms with Crippen LogP contribution in [0.2, 0.25) is 0 Å². The molecule has 0 fully saturated rings. The van der Waals surface area contributed by atoms with Gasteiger partial charge in [0.1, 0.15) is 11.2 Å². The summed E-state index contributed by atoms with van der Waals surface area (Å²) in [6, 6.07) is 14.5. The van der Waals surface area contributed by atoms with E-state index in [0.717, 1.165) is 22.9 Å². The molecular weight excluding hydrogens is 264 g/mol. The zero-order chi connectivity index (χ0) is 11.0. The van der Waals surface area contributed by atoms with Crippen LogP contribution in [0.3, 0.4) is 0 Å². The van der Waals surface area contributed by atoms with Gasteiger partial charge in [0.2, 0.25) is 0 Å². The minimum atomic E-state index is 0.972. The molecule has 0 saturated heterocycles. The first-order chi connectivity index (χ1) is 7.90. The fraction of sp³-hybridized carbons (Fsp3) is 0.143. The predicted octanol–water partition coefficient (Wildman–Crippen LogP) is 4.52. The molecule has 0 spiro atoms. The maximum Gasteiger partial charge on any atom is 0.135 e. The quantitative estimate of drug-likeness (QED) is 0.626. The molecule has 0 aliphatic carbocycles. The van der Waals surface area contributed by atoms with Crippen molar-refractivity contribution in [1.82, 2.24) is 0 Å². The summed E-state index contributed by atoms with van der Waals surface area (Å²) in [5.74, 6) is 0. The van der Waals surface area contributed by atoms with Crippen LogP contribution in [0.25, 0.3) is 21.9 Å². The molecule has 0 aliphatic heterocycles. The van der Waals surface area contributed by atoms with Gasteiger partial charge in [-0.2, -0.15) is 0 Å². The molecule has 3 aromatic rings. The van der Waals surface area contributed by atoms with Crippen molar-refractivity contribution in [3.05, 3.63) is 48.0 Å². The SMILES string of the molecule is BrCCc1cccc2oc3ccccc3c12. The lowest BCUT2D eigenvalue weighted by atomic mass is 10.0. The van der Waals surface area contributed by atoms with Gasteiger partial charge in [-0.25, -0.2) is 0 Å². The van der Waals surface area contributed by atoms with Crippen molar-refractivity contribution in [3.63, 3.8) is 0 Å². The minimum absolute atomic E-state index is 0.972. The molecule has 0 bridgehead atoms. The number of fused-ring (bicyclic) bond motifs is 3. The second-order valence-electron chi connectivity index (χ2n) is 3.83. The lowest BCUT2D eigenvalue weighted by molar-refractivity contribution is 0.668. The Morgan fingerprint density at radius 1 is 0.938 bits per heavy atom. The van der Waals surface area contributed by atoms with Gasteiger partial charge in [-0.15, -0.1) is 0 Å². The monoisotopic (exact) mass is 274 g/mol. The Hall–Kier alpha value is -1.28. The van der Waals surface area contributed by atoms with Gasteiger partial charge in [-0.1, -0.05) is 46.3 Å². The van der Waals surface area contributed by atoms with E-state index in [0.29, 0.717) is 0 Å². The molecule has 0 aliphatic rings. The smallest absolute Gasteiger partial charge is 0.135 e. The Balaban J connectivity index is 2.43. The van der Waals surface area contributed by atoms with Gasteiger partial charge < -0.3 is 4.42 Å². The Labute approximate surface area is 102 Å². The third-order valence-corrected chi connectivity index (χ3v) is 3.25. The normalized spacial score (nSPS) is 11.3. The third-order valence-electron chi connectivity index (χ3n) is 2.85. The first-order valence-corrected chi connectivity index (χ1v) is 6.47. The van der Waals surface area contributed by atoms with Gasteiger partial charge in [0.05, 0.1) is 0 Å². The second kappa shape index (κ2) is 3.95. The summed E-state index contributed by atoms with van der Waals surface area (Å²) < 4.78 is 5.82. The van der Waals surface area contributed by atoms with Gasteiger partial charge >= 0.3 is 0 Å². The Morgan fingerprint density at radius 2 is 1.75 bits per heavy atom. The van der Waals surface area contributed by atoms with Gasteiger partial charge in [0.25, 0.3) is 0 Å². The van der Waals surface area contributed by atoms with Crippen LogP contribution >= 0.6 is 15.9 Å². The molecule has 2 heteroatoms. The van der Waals surface area contributed by atoms with E-state index in [-0.39, 0.29) is 0 Å². The lowest BCUT2D eigenvalue weighted by Crippen LogP contribution is -1.85. The summed E-state index contributed by atoms with van der Waals surface area (Å²) in [5, 5.41) is 3.46. The zero-order valence-electron chi connectivity index (χ0n) is 8.74. The van der Waals surface area contributed by atoms with Crippen molar-refractivity contribution >= 4 is 37.9 Å². The van der Waals surface area contributed by atoms with Crippen molar-refractivity contribution in [2.45, 2.75) is 6.42 Å². The van der Waals surface area contributed by atoms with E-state index >= 15 is 0 Å². The van der Waals surface area contributed by atoms with Gasteiger partial charge in [0.15, 0.2) is 0 Å². The number of hydrogen-bond donors (Lipinski definition) is 0. The minimum Gasteiger partial charge on any atom is -0.456 e. The van der Waals surface area contributed by atoms with E-state index in [2.05, 4.69) is 40.2 Å². The van der Waals surface area contributed by atoms with E-state index in [1.807, 2.05) is 18.2 Å². The van der Waals surface area contributed by atoms with Crippen LogP contribution in [0.15, 0.2) is 46.9 Å². The van der Waals surface area contributed by atoms with Crippen LogP contribution in [0, 0.1) is 0 Å². The maximum atomic E-state index is 5.82. The number of aryl methyl sites for hydroxylation is 1. The van der Waals surface area contributed by atoms with Crippen LogP contribution in [0.5, 0.6) is 0 Å². The zero-order valence-corrected chi connectivity index (χ0v) is 10.3. The number of halogens is 1. The molecular formula is C14H11BrO. The van der Waals surface area contributed by atoms with Crippen LogP contribution in [0.4, 0.5) is 0 Å². The summed E-state index contributed by atoms with van der Waals surface area (Å²) in [5.41, 5.74) is 3.30. The fourth-order valence-corrected chi connectivity index (χ4v) is 2.59. The summed E-state index contributed by atoms with van der Waals surface area (Å²) >= 11 is 3.49. The molecule has 16 heavy (non-hydrogen) atoms. The molecule has 2 aromatic carbocycles.